The zero-order valence-electron chi connectivity index (χ0n) is 12.5. The first-order valence-electron chi connectivity index (χ1n) is 7.84. The molecule has 1 aliphatic carbocycles. The Morgan fingerprint density at radius 2 is 1.90 bits per heavy atom. The summed E-state index contributed by atoms with van der Waals surface area (Å²) in [5, 5.41) is 12.0. The summed E-state index contributed by atoms with van der Waals surface area (Å²) in [6.07, 6.45) is 3.78. The van der Waals surface area contributed by atoms with Gasteiger partial charge in [0.2, 0.25) is 0 Å². The molecule has 1 N–H and O–H groups in total. The molecule has 0 saturated heterocycles. The highest BCUT2D eigenvalue weighted by Crippen LogP contribution is 2.37. The van der Waals surface area contributed by atoms with Crippen LogP contribution in [-0.2, 0) is 11.2 Å². The minimum absolute atomic E-state index is 0.180. The quantitative estimate of drug-likeness (QED) is 0.898. The predicted octanol–water partition coefficient (Wildman–Crippen LogP) is 4.52. The van der Waals surface area contributed by atoms with E-state index in [4.69, 9.17) is 0 Å². The molecule has 0 radical (unpaired) electrons. The Hall–Kier alpha value is -1.83. The number of hydrogen-bond acceptors (Lipinski definition) is 1. The molecule has 0 heterocycles. The van der Waals surface area contributed by atoms with Crippen LogP contribution in [0.5, 0.6) is 0 Å². The van der Waals surface area contributed by atoms with Gasteiger partial charge in [-0.15, -0.1) is 0 Å². The van der Waals surface area contributed by atoms with Gasteiger partial charge in [-0.3, -0.25) is 4.79 Å². The van der Waals surface area contributed by atoms with Crippen LogP contribution in [0.25, 0.3) is 10.8 Å². The molecule has 0 amide bonds. The Labute approximate surface area is 125 Å². The smallest absolute Gasteiger partial charge is 0.306 e. The molecule has 1 fully saturated rings. The molecule has 3 atom stereocenters. The topological polar surface area (TPSA) is 37.3 Å². The van der Waals surface area contributed by atoms with Crippen molar-refractivity contribution >= 4 is 16.7 Å². The second kappa shape index (κ2) is 5.88. The van der Waals surface area contributed by atoms with Gasteiger partial charge in [-0.1, -0.05) is 49.4 Å². The third kappa shape index (κ3) is 2.94. The average Bonchev–Trinajstić information content (AvgIpc) is 2.47. The van der Waals surface area contributed by atoms with E-state index >= 15 is 0 Å². The van der Waals surface area contributed by atoms with E-state index in [9.17, 15) is 9.90 Å². The van der Waals surface area contributed by atoms with Gasteiger partial charge < -0.3 is 5.11 Å². The lowest BCUT2D eigenvalue weighted by Gasteiger charge is -2.32. The van der Waals surface area contributed by atoms with Gasteiger partial charge in [0.1, 0.15) is 0 Å². The van der Waals surface area contributed by atoms with Gasteiger partial charge in [0, 0.05) is 0 Å². The van der Waals surface area contributed by atoms with E-state index in [1.54, 1.807) is 0 Å². The number of carbonyl (C=O) groups is 1. The van der Waals surface area contributed by atoms with Crippen molar-refractivity contribution in [1.82, 2.24) is 0 Å². The van der Waals surface area contributed by atoms with Gasteiger partial charge in [0.05, 0.1) is 5.92 Å². The van der Waals surface area contributed by atoms with E-state index in [-0.39, 0.29) is 11.8 Å². The largest absolute Gasteiger partial charge is 0.481 e. The summed E-state index contributed by atoms with van der Waals surface area (Å²) in [6, 6.07) is 14.7. The van der Waals surface area contributed by atoms with Crippen molar-refractivity contribution < 1.29 is 9.90 Å². The lowest BCUT2D eigenvalue weighted by atomic mass is 9.72. The van der Waals surface area contributed by atoms with Crippen LogP contribution in [0.3, 0.4) is 0 Å². The SMILES string of the molecule is CC1CCC(C(=O)O)C(Cc2cccc3ccccc23)C1. The Morgan fingerprint density at radius 3 is 2.71 bits per heavy atom. The molecule has 0 aliphatic heterocycles. The number of carboxylic acid groups (broad SMARTS) is 1. The van der Waals surface area contributed by atoms with E-state index in [1.807, 2.05) is 0 Å². The normalized spacial score (nSPS) is 25.9. The fourth-order valence-corrected chi connectivity index (χ4v) is 3.80. The molecule has 2 aromatic rings. The molecule has 3 rings (SSSR count). The van der Waals surface area contributed by atoms with Crippen LogP contribution in [0, 0.1) is 17.8 Å². The average molecular weight is 282 g/mol. The molecule has 3 unspecified atom stereocenters. The lowest BCUT2D eigenvalue weighted by molar-refractivity contribution is -0.145. The highest BCUT2D eigenvalue weighted by Gasteiger charge is 2.33. The van der Waals surface area contributed by atoms with Gasteiger partial charge in [-0.2, -0.15) is 0 Å². The molecule has 110 valence electrons. The van der Waals surface area contributed by atoms with E-state index < -0.39 is 5.97 Å². The lowest BCUT2D eigenvalue weighted by Crippen LogP contribution is -2.31. The summed E-state index contributed by atoms with van der Waals surface area (Å²) in [6.45, 7) is 2.24. The zero-order valence-corrected chi connectivity index (χ0v) is 12.5. The Balaban J connectivity index is 1.90. The molecule has 2 heteroatoms. The molecular weight excluding hydrogens is 260 g/mol. The molecular formula is C19H22O2. The maximum Gasteiger partial charge on any atom is 0.306 e. The van der Waals surface area contributed by atoms with Gasteiger partial charge >= 0.3 is 5.97 Å². The number of carboxylic acids is 1. The van der Waals surface area contributed by atoms with Crippen LogP contribution in [0.4, 0.5) is 0 Å². The fourth-order valence-electron chi connectivity index (χ4n) is 3.80. The van der Waals surface area contributed by atoms with Crippen molar-refractivity contribution in [2.24, 2.45) is 17.8 Å². The molecule has 1 aliphatic rings. The van der Waals surface area contributed by atoms with Gasteiger partial charge in [-0.25, -0.2) is 0 Å². The zero-order chi connectivity index (χ0) is 14.8. The molecule has 0 bridgehead atoms. The highest BCUT2D eigenvalue weighted by molar-refractivity contribution is 5.85. The number of hydrogen-bond donors (Lipinski definition) is 1. The van der Waals surface area contributed by atoms with Crippen LogP contribution in [-0.4, -0.2) is 11.1 Å². The predicted molar refractivity (Wildman–Crippen MR) is 85.3 cm³/mol. The fraction of sp³-hybridized carbons (Fsp3) is 0.421. The van der Waals surface area contributed by atoms with Crippen LogP contribution >= 0.6 is 0 Å². The Kier molecular flexibility index (Phi) is 3.96. The number of rotatable bonds is 3. The number of benzene rings is 2. The molecule has 21 heavy (non-hydrogen) atoms. The second-order valence-corrected chi connectivity index (χ2v) is 6.47. The minimum Gasteiger partial charge on any atom is -0.481 e. The standard InChI is InChI=1S/C19H22O2/c1-13-9-10-18(19(20)21)16(11-13)12-15-7-4-6-14-5-2-3-8-17(14)15/h2-8,13,16,18H,9-12H2,1H3,(H,20,21). The first kappa shape index (κ1) is 14.1. The van der Waals surface area contributed by atoms with E-state index in [1.165, 1.54) is 16.3 Å². The maximum absolute atomic E-state index is 11.5. The van der Waals surface area contributed by atoms with Crippen LogP contribution < -0.4 is 0 Å². The molecule has 1 saturated carbocycles. The maximum atomic E-state index is 11.5. The first-order chi connectivity index (χ1) is 10.1. The van der Waals surface area contributed by atoms with Crippen LogP contribution in [0.15, 0.2) is 42.5 Å². The third-order valence-corrected chi connectivity index (χ3v) is 4.92. The number of aliphatic carboxylic acids is 1. The summed E-state index contributed by atoms with van der Waals surface area (Å²) in [4.78, 5) is 11.5. The van der Waals surface area contributed by atoms with Crippen molar-refractivity contribution in [3.63, 3.8) is 0 Å². The van der Waals surface area contributed by atoms with Crippen molar-refractivity contribution in [3.8, 4) is 0 Å². The number of fused-ring (bicyclic) bond motifs is 1. The molecule has 0 aromatic heterocycles. The third-order valence-electron chi connectivity index (χ3n) is 4.92. The van der Waals surface area contributed by atoms with Crippen molar-refractivity contribution in [1.29, 1.82) is 0 Å². The molecule has 0 spiro atoms. The monoisotopic (exact) mass is 282 g/mol. The van der Waals surface area contributed by atoms with E-state index in [0.29, 0.717) is 5.92 Å². The highest BCUT2D eigenvalue weighted by atomic mass is 16.4. The molecule has 2 nitrogen and oxygen atoms in total. The van der Waals surface area contributed by atoms with Crippen molar-refractivity contribution in [3.05, 3.63) is 48.0 Å². The van der Waals surface area contributed by atoms with Crippen LogP contribution in [0.2, 0.25) is 0 Å². The Morgan fingerprint density at radius 1 is 1.14 bits per heavy atom. The summed E-state index contributed by atoms with van der Waals surface area (Å²) >= 11 is 0. The Bertz CT molecular complexity index is 642. The van der Waals surface area contributed by atoms with Gasteiger partial charge in [0.15, 0.2) is 0 Å². The summed E-state index contributed by atoms with van der Waals surface area (Å²) in [7, 11) is 0. The van der Waals surface area contributed by atoms with Crippen molar-refractivity contribution in [2.45, 2.75) is 32.6 Å². The van der Waals surface area contributed by atoms with E-state index in [0.717, 1.165) is 25.7 Å². The summed E-state index contributed by atoms with van der Waals surface area (Å²) in [5.41, 5.74) is 1.29. The second-order valence-electron chi connectivity index (χ2n) is 6.47. The van der Waals surface area contributed by atoms with E-state index in [2.05, 4.69) is 49.4 Å². The van der Waals surface area contributed by atoms with Gasteiger partial charge in [-0.05, 0) is 53.9 Å². The molecule has 2 aromatic carbocycles. The van der Waals surface area contributed by atoms with Gasteiger partial charge in [0.25, 0.3) is 0 Å². The summed E-state index contributed by atoms with van der Waals surface area (Å²) in [5.74, 6) is 0.102. The minimum atomic E-state index is -0.618. The van der Waals surface area contributed by atoms with Crippen molar-refractivity contribution in [2.75, 3.05) is 0 Å². The van der Waals surface area contributed by atoms with Crippen LogP contribution in [0.1, 0.15) is 31.7 Å². The first-order valence-corrected chi connectivity index (χ1v) is 7.84. The summed E-state index contributed by atoms with van der Waals surface area (Å²) < 4.78 is 0.